The lowest BCUT2D eigenvalue weighted by molar-refractivity contribution is 0.315. The summed E-state index contributed by atoms with van der Waals surface area (Å²) in [7, 11) is 0. The van der Waals surface area contributed by atoms with Gasteiger partial charge in [-0.1, -0.05) is 45.3 Å². The fourth-order valence-electron chi connectivity index (χ4n) is 2.86. The van der Waals surface area contributed by atoms with Crippen molar-refractivity contribution in [2.75, 3.05) is 11.9 Å². The monoisotopic (exact) mass is 465 g/mol. The fourth-order valence-corrected chi connectivity index (χ4v) is 3.12. The minimum Gasteiger partial charge on any atom is -0.490 e. The number of ether oxygens (including phenoxy) is 2. The quantitative estimate of drug-likeness (QED) is 0.384. The van der Waals surface area contributed by atoms with E-state index in [-0.39, 0.29) is 6.01 Å². The van der Waals surface area contributed by atoms with Gasteiger partial charge in [-0.2, -0.15) is 4.68 Å². The lowest BCUT2D eigenvalue weighted by Gasteiger charge is -2.13. The molecule has 0 bridgehead atoms. The molecule has 0 radical (unpaired) electrons. The maximum Gasteiger partial charge on any atom is 0.346 e. The van der Waals surface area contributed by atoms with Crippen LogP contribution in [0.25, 0.3) is 5.69 Å². The normalized spacial score (nSPS) is 10.6. The van der Waals surface area contributed by atoms with E-state index in [1.165, 1.54) is 0 Å². The van der Waals surface area contributed by atoms with Gasteiger partial charge >= 0.3 is 6.01 Å². The van der Waals surface area contributed by atoms with Crippen LogP contribution < -0.4 is 14.8 Å². The summed E-state index contributed by atoms with van der Waals surface area (Å²) in [5.74, 6) is 1.19. The van der Waals surface area contributed by atoms with Crippen LogP contribution in [0.5, 0.6) is 17.5 Å². The summed E-state index contributed by atoms with van der Waals surface area (Å²) < 4.78 is 14.4. The van der Waals surface area contributed by atoms with E-state index in [9.17, 15) is 0 Å². The van der Waals surface area contributed by atoms with Gasteiger partial charge in [0.25, 0.3) is 0 Å². The minimum absolute atomic E-state index is 0.267. The summed E-state index contributed by atoms with van der Waals surface area (Å²) in [6.07, 6.45) is 0. The summed E-state index contributed by atoms with van der Waals surface area (Å²) in [6.45, 7) is 3.11. The minimum atomic E-state index is 0.267. The summed E-state index contributed by atoms with van der Waals surface area (Å²) in [5.41, 5.74) is 2.92. The Morgan fingerprint density at radius 3 is 2.53 bits per heavy atom. The van der Waals surface area contributed by atoms with E-state index in [1.807, 2.05) is 79.7 Å². The zero-order valence-electron chi connectivity index (χ0n) is 16.3. The molecule has 1 N–H and O–H groups in total. The molecular formula is C22H20BrN5O2. The van der Waals surface area contributed by atoms with Gasteiger partial charge in [0.15, 0.2) is 11.5 Å². The average molecular weight is 466 g/mol. The second-order valence-electron chi connectivity index (χ2n) is 6.39. The first-order chi connectivity index (χ1) is 14.7. The number of nitrogens with zero attached hydrogens (tertiary/aromatic N) is 4. The number of tetrazole rings is 1. The molecule has 1 heterocycles. The largest absolute Gasteiger partial charge is 0.490 e. The van der Waals surface area contributed by atoms with Gasteiger partial charge in [-0.15, -0.1) is 0 Å². The topological polar surface area (TPSA) is 74.1 Å². The van der Waals surface area contributed by atoms with Crippen molar-refractivity contribution in [2.24, 2.45) is 0 Å². The Morgan fingerprint density at radius 2 is 1.77 bits per heavy atom. The second kappa shape index (κ2) is 9.41. The first-order valence-corrected chi connectivity index (χ1v) is 10.3. The van der Waals surface area contributed by atoms with E-state index < -0.39 is 0 Å². The molecule has 0 aliphatic carbocycles. The molecule has 0 fully saturated rings. The highest BCUT2D eigenvalue weighted by atomic mass is 79.9. The lowest BCUT2D eigenvalue weighted by atomic mass is 10.2. The van der Waals surface area contributed by atoms with Crippen LogP contribution in [0.1, 0.15) is 12.5 Å². The van der Waals surface area contributed by atoms with Crippen LogP contribution >= 0.6 is 15.9 Å². The molecule has 4 rings (SSSR count). The molecule has 0 saturated heterocycles. The predicted octanol–water partition coefficient (Wildman–Crippen LogP) is 5.23. The molecular weight excluding hydrogens is 446 g/mol. The Balaban J connectivity index is 1.53. The van der Waals surface area contributed by atoms with E-state index >= 15 is 0 Å². The van der Waals surface area contributed by atoms with Gasteiger partial charge in [0, 0.05) is 16.7 Å². The highest BCUT2D eigenvalue weighted by molar-refractivity contribution is 9.10. The summed E-state index contributed by atoms with van der Waals surface area (Å²) in [5, 5.41) is 15.2. The SMILES string of the molecule is CCOc1cc(CNc2ccc(Br)cc2)ccc1Oc1nnnn1-c1ccccc1. The summed E-state index contributed by atoms with van der Waals surface area (Å²) >= 11 is 3.45. The third-order valence-electron chi connectivity index (χ3n) is 4.29. The Bertz CT molecular complexity index is 1100. The number of aromatic nitrogens is 4. The standard InChI is InChI=1S/C22H20BrN5O2/c1-2-29-21-14-16(15-24-18-11-9-17(23)10-12-18)8-13-20(21)30-22-25-26-27-28(22)19-6-4-3-5-7-19/h3-14,24H,2,15H2,1H3. The van der Waals surface area contributed by atoms with Crippen LogP contribution in [0.3, 0.4) is 0 Å². The number of rotatable bonds is 8. The van der Waals surface area contributed by atoms with E-state index in [0.29, 0.717) is 24.7 Å². The van der Waals surface area contributed by atoms with Crippen molar-refractivity contribution in [3.05, 3.63) is 82.8 Å². The third-order valence-corrected chi connectivity index (χ3v) is 4.82. The number of halogens is 1. The molecule has 0 spiro atoms. The number of anilines is 1. The number of benzene rings is 3. The number of nitrogens with one attached hydrogen (secondary N) is 1. The van der Waals surface area contributed by atoms with Crippen molar-refractivity contribution < 1.29 is 9.47 Å². The average Bonchev–Trinajstić information content (AvgIpc) is 3.24. The molecule has 0 unspecified atom stereocenters. The summed E-state index contributed by atoms with van der Waals surface area (Å²) in [4.78, 5) is 0. The van der Waals surface area contributed by atoms with Crippen LogP contribution in [0.4, 0.5) is 5.69 Å². The van der Waals surface area contributed by atoms with E-state index in [0.717, 1.165) is 21.4 Å². The fraction of sp³-hybridized carbons (Fsp3) is 0.136. The zero-order chi connectivity index (χ0) is 20.8. The molecule has 0 aliphatic heterocycles. The van der Waals surface area contributed by atoms with Crippen LogP contribution in [-0.4, -0.2) is 26.8 Å². The highest BCUT2D eigenvalue weighted by Gasteiger charge is 2.14. The van der Waals surface area contributed by atoms with E-state index in [2.05, 4.69) is 36.8 Å². The molecule has 0 saturated carbocycles. The predicted molar refractivity (Wildman–Crippen MR) is 118 cm³/mol. The van der Waals surface area contributed by atoms with Crippen molar-refractivity contribution in [3.63, 3.8) is 0 Å². The number of hydrogen-bond acceptors (Lipinski definition) is 6. The lowest BCUT2D eigenvalue weighted by Crippen LogP contribution is -2.03. The van der Waals surface area contributed by atoms with Gasteiger partial charge in [-0.25, -0.2) is 0 Å². The van der Waals surface area contributed by atoms with Crippen molar-refractivity contribution in [2.45, 2.75) is 13.5 Å². The molecule has 152 valence electrons. The van der Waals surface area contributed by atoms with Crippen molar-refractivity contribution in [1.82, 2.24) is 20.2 Å². The Labute approximate surface area is 182 Å². The summed E-state index contributed by atoms with van der Waals surface area (Å²) in [6, 6.07) is 23.7. The molecule has 0 atom stereocenters. The molecule has 0 aliphatic rings. The molecule has 30 heavy (non-hydrogen) atoms. The Kier molecular flexibility index (Phi) is 6.24. The van der Waals surface area contributed by atoms with Gasteiger partial charge in [0.1, 0.15) is 0 Å². The van der Waals surface area contributed by atoms with Crippen molar-refractivity contribution >= 4 is 21.6 Å². The Morgan fingerprint density at radius 1 is 0.967 bits per heavy atom. The molecule has 8 heteroatoms. The van der Waals surface area contributed by atoms with Crippen LogP contribution in [0.2, 0.25) is 0 Å². The van der Waals surface area contributed by atoms with Gasteiger partial charge in [0.2, 0.25) is 0 Å². The van der Waals surface area contributed by atoms with Crippen LogP contribution in [0, 0.1) is 0 Å². The maximum absolute atomic E-state index is 5.99. The molecule has 7 nitrogen and oxygen atoms in total. The van der Waals surface area contributed by atoms with E-state index in [4.69, 9.17) is 9.47 Å². The van der Waals surface area contributed by atoms with Crippen molar-refractivity contribution in [3.8, 4) is 23.2 Å². The van der Waals surface area contributed by atoms with Crippen LogP contribution in [0.15, 0.2) is 77.3 Å². The Hall–Kier alpha value is -3.39. The first-order valence-electron chi connectivity index (χ1n) is 9.50. The van der Waals surface area contributed by atoms with Crippen LogP contribution in [-0.2, 0) is 6.54 Å². The van der Waals surface area contributed by atoms with Gasteiger partial charge in [-0.05, 0) is 71.4 Å². The molecule has 0 amide bonds. The molecule has 1 aromatic heterocycles. The third kappa shape index (κ3) is 4.77. The maximum atomic E-state index is 5.99. The first kappa shape index (κ1) is 19.9. The molecule has 4 aromatic rings. The van der Waals surface area contributed by atoms with E-state index in [1.54, 1.807) is 4.68 Å². The van der Waals surface area contributed by atoms with Gasteiger partial charge < -0.3 is 14.8 Å². The second-order valence-corrected chi connectivity index (χ2v) is 7.30. The molecule has 3 aromatic carbocycles. The van der Waals surface area contributed by atoms with Crippen molar-refractivity contribution in [1.29, 1.82) is 0 Å². The highest BCUT2D eigenvalue weighted by Crippen LogP contribution is 2.32. The number of hydrogen-bond donors (Lipinski definition) is 1. The zero-order valence-corrected chi connectivity index (χ0v) is 17.9. The smallest absolute Gasteiger partial charge is 0.346 e. The van der Waals surface area contributed by atoms with Gasteiger partial charge in [0.05, 0.1) is 12.3 Å². The van der Waals surface area contributed by atoms with Gasteiger partial charge in [-0.3, -0.25) is 0 Å². The number of para-hydroxylation sites is 1.